The molecule has 1 aliphatic rings. The van der Waals surface area contributed by atoms with Crippen molar-refractivity contribution in [2.75, 3.05) is 11.4 Å². The summed E-state index contributed by atoms with van der Waals surface area (Å²) in [7, 11) is -4.27. The Bertz CT molecular complexity index is 1620. The number of allylic oxidation sites excluding steroid dienone is 3. The van der Waals surface area contributed by atoms with Gasteiger partial charge in [-0.15, -0.1) is 0 Å². The zero-order chi connectivity index (χ0) is 27.1. The van der Waals surface area contributed by atoms with Crippen molar-refractivity contribution in [2.24, 2.45) is 0 Å². The van der Waals surface area contributed by atoms with Crippen molar-refractivity contribution < 1.29 is 17.5 Å². The van der Waals surface area contributed by atoms with Gasteiger partial charge in [-0.1, -0.05) is 60.2 Å². The van der Waals surface area contributed by atoms with E-state index in [0.29, 0.717) is 0 Å². The maximum absolute atomic E-state index is 10.4. The Hall–Kier alpha value is -4.00. The summed E-state index contributed by atoms with van der Waals surface area (Å²) >= 11 is 0. The molecule has 0 N–H and O–H groups in total. The van der Waals surface area contributed by atoms with Gasteiger partial charge in [0.2, 0.25) is 11.2 Å². The van der Waals surface area contributed by atoms with Crippen molar-refractivity contribution in [2.45, 2.75) is 32.2 Å². The summed E-state index contributed by atoms with van der Waals surface area (Å²) in [5.74, 6) is 0. The number of pyridine rings is 1. The van der Waals surface area contributed by atoms with Crippen molar-refractivity contribution >= 4 is 38.9 Å². The van der Waals surface area contributed by atoms with Crippen LogP contribution in [0.4, 0.5) is 5.69 Å². The first-order chi connectivity index (χ1) is 18.3. The molecule has 5 rings (SSSR count). The van der Waals surface area contributed by atoms with Crippen molar-refractivity contribution in [1.82, 2.24) is 0 Å². The van der Waals surface area contributed by atoms with Gasteiger partial charge in [-0.05, 0) is 68.8 Å². The molecule has 0 radical (unpaired) electrons. The molecule has 0 saturated heterocycles. The number of fused-ring (bicyclic) bond motifs is 2. The molecular weight excluding hydrogens is 492 g/mol. The normalized spacial score (nSPS) is 14.0. The minimum Gasteiger partial charge on any atom is -0.744 e. The number of para-hydroxylation sites is 2. The standard InChI is InChI=1S/C25H25N2.C7H8O3S/c1-3-26-22(18-16-20-10-5-7-14-24(20)26)12-9-13-23-19-17-21-11-6-8-15-25(21)27(23)4-2;1-6-2-4-7(5-3-6)11(8,9)10/h5-19H,3-4H2,1-2H3;2-5H,1H3,(H,8,9,10)/q+1;/p-1. The topological polar surface area (TPSA) is 64.3 Å². The summed E-state index contributed by atoms with van der Waals surface area (Å²) in [6.07, 6.45) is 11.0. The van der Waals surface area contributed by atoms with Crippen molar-refractivity contribution in [3.63, 3.8) is 0 Å². The fourth-order valence-electron chi connectivity index (χ4n) is 4.50. The lowest BCUT2D eigenvalue weighted by atomic mass is 10.1. The number of anilines is 1. The third-order valence-corrected chi connectivity index (χ3v) is 7.27. The molecule has 0 bridgehead atoms. The third-order valence-electron chi connectivity index (χ3n) is 6.42. The molecule has 1 aromatic heterocycles. The van der Waals surface area contributed by atoms with E-state index < -0.39 is 10.1 Å². The van der Waals surface area contributed by atoms with Gasteiger partial charge < -0.3 is 9.45 Å². The van der Waals surface area contributed by atoms with Crippen LogP contribution in [0.15, 0.2) is 114 Å². The summed E-state index contributed by atoms with van der Waals surface area (Å²) in [5, 5.41) is 1.28. The van der Waals surface area contributed by atoms with Crippen LogP contribution in [0.1, 0.15) is 30.7 Å². The third kappa shape index (κ3) is 6.28. The molecule has 0 atom stereocenters. The van der Waals surface area contributed by atoms with Gasteiger partial charge in [-0.2, -0.15) is 4.57 Å². The molecule has 5 nitrogen and oxygen atoms in total. The Morgan fingerprint density at radius 1 is 0.868 bits per heavy atom. The SMILES string of the molecule is CCN1/C(=C\C=C\c2ccc3ccccc3[n+]2CC)C=Cc2ccccc21.Cc1ccc(S(=O)(=O)[O-])cc1. The Morgan fingerprint density at radius 3 is 2.29 bits per heavy atom. The highest BCUT2D eigenvalue weighted by Gasteiger charge is 2.15. The molecule has 3 aromatic carbocycles. The lowest BCUT2D eigenvalue weighted by molar-refractivity contribution is -0.669. The molecule has 4 aromatic rings. The van der Waals surface area contributed by atoms with Crippen LogP contribution in [0.3, 0.4) is 0 Å². The summed E-state index contributed by atoms with van der Waals surface area (Å²) in [6.45, 7) is 8.11. The van der Waals surface area contributed by atoms with Crippen LogP contribution in [0.5, 0.6) is 0 Å². The highest BCUT2D eigenvalue weighted by Crippen LogP contribution is 2.30. The van der Waals surface area contributed by atoms with E-state index >= 15 is 0 Å². The number of aromatic nitrogens is 1. The lowest BCUT2D eigenvalue weighted by Gasteiger charge is -2.29. The van der Waals surface area contributed by atoms with E-state index in [0.717, 1.165) is 18.7 Å². The van der Waals surface area contributed by atoms with Crippen molar-refractivity contribution in [3.05, 3.63) is 126 Å². The number of hydrogen-bond acceptors (Lipinski definition) is 4. The van der Waals surface area contributed by atoms with E-state index in [1.807, 2.05) is 6.92 Å². The van der Waals surface area contributed by atoms with Gasteiger partial charge in [-0.3, -0.25) is 0 Å². The quantitative estimate of drug-likeness (QED) is 0.221. The van der Waals surface area contributed by atoms with E-state index in [1.54, 1.807) is 12.1 Å². The highest BCUT2D eigenvalue weighted by atomic mass is 32.2. The Balaban J connectivity index is 0.000000257. The van der Waals surface area contributed by atoms with Crippen molar-refractivity contribution in [1.29, 1.82) is 0 Å². The lowest BCUT2D eigenvalue weighted by Crippen LogP contribution is -2.36. The van der Waals surface area contributed by atoms with E-state index in [4.69, 9.17) is 0 Å². The van der Waals surface area contributed by atoms with Crippen LogP contribution in [0.25, 0.3) is 23.1 Å². The first-order valence-corrected chi connectivity index (χ1v) is 14.1. The van der Waals surface area contributed by atoms with Crippen LogP contribution >= 0.6 is 0 Å². The fourth-order valence-corrected chi connectivity index (χ4v) is 4.97. The molecular formula is C32H32N2O3S. The second-order valence-electron chi connectivity index (χ2n) is 8.92. The maximum atomic E-state index is 10.4. The molecule has 0 fully saturated rings. The number of aryl methyl sites for hydroxylation is 2. The van der Waals surface area contributed by atoms with Crippen LogP contribution in [-0.2, 0) is 16.7 Å². The number of rotatable bonds is 5. The molecule has 0 aliphatic carbocycles. The van der Waals surface area contributed by atoms with Gasteiger partial charge in [0.1, 0.15) is 16.7 Å². The second-order valence-corrected chi connectivity index (χ2v) is 10.3. The van der Waals surface area contributed by atoms with E-state index in [1.165, 1.54) is 45.7 Å². The van der Waals surface area contributed by atoms with Gasteiger partial charge >= 0.3 is 0 Å². The second kappa shape index (κ2) is 12.0. The zero-order valence-corrected chi connectivity index (χ0v) is 22.7. The first-order valence-electron chi connectivity index (χ1n) is 12.7. The van der Waals surface area contributed by atoms with Gasteiger partial charge in [-0.25, -0.2) is 8.42 Å². The Kier molecular flexibility index (Phi) is 8.56. The summed E-state index contributed by atoms with van der Waals surface area (Å²) in [4.78, 5) is 2.18. The fraction of sp³-hybridized carbons (Fsp3) is 0.156. The summed E-state index contributed by atoms with van der Waals surface area (Å²) < 4.78 is 33.5. The largest absolute Gasteiger partial charge is 0.744 e. The van der Waals surface area contributed by atoms with E-state index in [9.17, 15) is 13.0 Å². The minimum absolute atomic E-state index is 0.178. The Labute approximate surface area is 225 Å². The van der Waals surface area contributed by atoms with Gasteiger partial charge in [0.05, 0.1) is 4.90 Å². The number of nitrogens with zero attached hydrogens (tertiary/aromatic N) is 2. The smallest absolute Gasteiger partial charge is 0.212 e. The molecule has 194 valence electrons. The minimum atomic E-state index is -4.27. The van der Waals surface area contributed by atoms with Gasteiger partial charge in [0.15, 0.2) is 0 Å². The average molecular weight is 525 g/mol. The van der Waals surface area contributed by atoms with Crippen molar-refractivity contribution in [3.8, 4) is 0 Å². The molecule has 1 aliphatic heterocycles. The Morgan fingerprint density at radius 2 is 1.58 bits per heavy atom. The predicted molar refractivity (Wildman–Crippen MR) is 155 cm³/mol. The molecule has 0 amide bonds. The maximum Gasteiger partial charge on any atom is 0.212 e. The first kappa shape index (κ1) is 27.0. The number of hydrogen-bond donors (Lipinski definition) is 0. The summed E-state index contributed by atoms with van der Waals surface area (Å²) in [6, 6.07) is 27.3. The van der Waals surface area contributed by atoms with Crippen LogP contribution in [-0.4, -0.2) is 19.5 Å². The van der Waals surface area contributed by atoms with Gasteiger partial charge in [0.25, 0.3) is 0 Å². The predicted octanol–water partition coefficient (Wildman–Crippen LogP) is 6.50. The van der Waals surface area contributed by atoms with Crippen LogP contribution in [0, 0.1) is 6.92 Å². The zero-order valence-electron chi connectivity index (χ0n) is 21.9. The molecule has 0 unspecified atom stereocenters. The molecule has 38 heavy (non-hydrogen) atoms. The highest BCUT2D eigenvalue weighted by molar-refractivity contribution is 7.85. The van der Waals surface area contributed by atoms with Crippen LogP contribution < -0.4 is 9.47 Å². The van der Waals surface area contributed by atoms with E-state index in [-0.39, 0.29) is 4.90 Å². The van der Waals surface area contributed by atoms with Crippen LogP contribution in [0.2, 0.25) is 0 Å². The summed E-state index contributed by atoms with van der Waals surface area (Å²) in [5.41, 5.74) is 7.19. The monoisotopic (exact) mass is 524 g/mol. The van der Waals surface area contributed by atoms with E-state index in [2.05, 4.69) is 114 Å². The number of benzene rings is 3. The molecule has 0 spiro atoms. The molecule has 2 heterocycles. The molecule has 6 heteroatoms. The number of likely N-dealkylation sites (N-methyl/N-ethyl adjacent to an activating group) is 1. The average Bonchev–Trinajstić information content (AvgIpc) is 2.92. The molecule has 0 saturated carbocycles. The van der Waals surface area contributed by atoms with Gasteiger partial charge in [0, 0.05) is 41.5 Å².